The van der Waals surface area contributed by atoms with Crippen LogP contribution in [0, 0.1) is 21.8 Å². The van der Waals surface area contributed by atoms with E-state index in [1.165, 1.54) is 25.0 Å². The molecule has 0 atom stereocenters. The fourth-order valence-corrected chi connectivity index (χ4v) is 1.61. The van der Waals surface area contributed by atoms with Crippen LogP contribution in [0.25, 0.3) is 0 Å². The Morgan fingerprint density at radius 2 is 2.19 bits per heavy atom. The Bertz CT molecular complexity index is 405. The number of hydrogen-bond acceptors (Lipinski definition) is 3. The summed E-state index contributed by atoms with van der Waals surface area (Å²) in [6.07, 6.45) is 3.58. The summed E-state index contributed by atoms with van der Waals surface area (Å²) in [5.41, 5.74) is 0.265. The van der Waals surface area contributed by atoms with E-state index in [4.69, 9.17) is 0 Å². The van der Waals surface area contributed by atoms with Crippen LogP contribution in [0.5, 0.6) is 0 Å². The number of nitro groups is 1. The molecule has 1 aliphatic rings. The van der Waals surface area contributed by atoms with Crippen molar-refractivity contribution in [1.29, 1.82) is 0 Å². The van der Waals surface area contributed by atoms with E-state index >= 15 is 0 Å². The van der Waals surface area contributed by atoms with Crippen LogP contribution in [0.1, 0.15) is 19.3 Å². The van der Waals surface area contributed by atoms with Crippen LogP contribution in [0.4, 0.5) is 15.8 Å². The van der Waals surface area contributed by atoms with Crippen LogP contribution in [-0.2, 0) is 0 Å². The average Bonchev–Trinajstić information content (AvgIpc) is 3.01. The number of rotatable bonds is 5. The molecule has 0 saturated heterocycles. The molecule has 5 heteroatoms. The number of anilines is 1. The Labute approximate surface area is 92.6 Å². The summed E-state index contributed by atoms with van der Waals surface area (Å²) in [6, 6.07) is 3.56. The molecule has 0 aromatic heterocycles. The fourth-order valence-electron chi connectivity index (χ4n) is 1.61. The number of nitro benzene ring substituents is 1. The molecule has 1 saturated carbocycles. The maximum atomic E-state index is 13.0. The molecule has 16 heavy (non-hydrogen) atoms. The first-order valence-electron chi connectivity index (χ1n) is 5.34. The highest BCUT2D eigenvalue weighted by molar-refractivity contribution is 5.51. The van der Waals surface area contributed by atoms with E-state index in [2.05, 4.69) is 5.32 Å². The smallest absolute Gasteiger partial charge is 0.274 e. The molecule has 1 aromatic carbocycles. The molecule has 0 amide bonds. The van der Waals surface area contributed by atoms with Crippen molar-refractivity contribution in [3.63, 3.8) is 0 Å². The molecular formula is C11H13FN2O2. The Morgan fingerprint density at radius 1 is 1.44 bits per heavy atom. The number of halogens is 1. The fraction of sp³-hybridized carbons (Fsp3) is 0.455. The van der Waals surface area contributed by atoms with Gasteiger partial charge in [-0.25, -0.2) is 4.39 Å². The number of benzene rings is 1. The zero-order chi connectivity index (χ0) is 11.5. The van der Waals surface area contributed by atoms with Crippen molar-refractivity contribution < 1.29 is 9.31 Å². The van der Waals surface area contributed by atoms with Gasteiger partial charge in [0.25, 0.3) is 5.69 Å². The highest BCUT2D eigenvalue weighted by Crippen LogP contribution is 2.32. The molecule has 1 N–H and O–H groups in total. The Hall–Kier alpha value is -1.65. The SMILES string of the molecule is O=[N+]([O-])c1cc(F)cc(NCCC2CC2)c1. The van der Waals surface area contributed by atoms with Crippen LogP contribution in [0.2, 0.25) is 0 Å². The third-order valence-electron chi connectivity index (χ3n) is 2.67. The van der Waals surface area contributed by atoms with Crippen molar-refractivity contribution in [3.8, 4) is 0 Å². The normalized spacial score (nSPS) is 14.8. The lowest BCUT2D eigenvalue weighted by atomic mass is 10.2. The quantitative estimate of drug-likeness (QED) is 0.618. The van der Waals surface area contributed by atoms with Crippen molar-refractivity contribution in [2.24, 2.45) is 5.92 Å². The lowest BCUT2D eigenvalue weighted by molar-refractivity contribution is -0.385. The van der Waals surface area contributed by atoms with Gasteiger partial charge in [-0.3, -0.25) is 10.1 Å². The summed E-state index contributed by atoms with van der Waals surface area (Å²) >= 11 is 0. The number of nitrogens with zero attached hydrogens (tertiary/aromatic N) is 1. The van der Waals surface area contributed by atoms with Gasteiger partial charge < -0.3 is 5.32 Å². The van der Waals surface area contributed by atoms with Gasteiger partial charge in [-0.1, -0.05) is 12.8 Å². The topological polar surface area (TPSA) is 55.2 Å². The van der Waals surface area contributed by atoms with E-state index in [1.807, 2.05) is 0 Å². The first-order valence-corrected chi connectivity index (χ1v) is 5.34. The second-order valence-corrected chi connectivity index (χ2v) is 4.11. The minimum absolute atomic E-state index is 0.214. The third kappa shape index (κ3) is 2.92. The molecule has 0 heterocycles. The van der Waals surface area contributed by atoms with Crippen molar-refractivity contribution in [2.75, 3.05) is 11.9 Å². The van der Waals surface area contributed by atoms with E-state index in [0.29, 0.717) is 5.69 Å². The molecule has 0 aliphatic heterocycles. The van der Waals surface area contributed by atoms with Gasteiger partial charge in [-0.15, -0.1) is 0 Å². The maximum Gasteiger partial charge on any atom is 0.274 e. The molecule has 0 unspecified atom stereocenters. The van der Waals surface area contributed by atoms with Crippen molar-refractivity contribution >= 4 is 11.4 Å². The zero-order valence-corrected chi connectivity index (χ0v) is 8.78. The minimum atomic E-state index is -0.588. The van der Waals surface area contributed by atoms with E-state index in [1.54, 1.807) is 0 Å². The van der Waals surface area contributed by atoms with Crippen LogP contribution >= 0.6 is 0 Å². The van der Waals surface area contributed by atoms with E-state index in [-0.39, 0.29) is 5.69 Å². The number of nitrogens with one attached hydrogen (secondary N) is 1. The van der Waals surface area contributed by atoms with Gasteiger partial charge >= 0.3 is 0 Å². The first-order chi connectivity index (χ1) is 7.65. The predicted molar refractivity (Wildman–Crippen MR) is 58.9 cm³/mol. The molecule has 2 rings (SSSR count). The Kier molecular flexibility index (Phi) is 3.03. The number of hydrogen-bond donors (Lipinski definition) is 1. The highest BCUT2D eigenvalue weighted by Gasteiger charge is 2.20. The Balaban J connectivity index is 1.98. The lowest BCUT2D eigenvalue weighted by Crippen LogP contribution is -2.03. The van der Waals surface area contributed by atoms with Gasteiger partial charge in [-0.05, 0) is 18.4 Å². The summed E-state index contributed by atoms with van der Waals surface area (Å²) in [5.74, 6) is 0.208. The van der Waals surface area contributed by atoms with Gasteiger partial charge in [0.15, 0.2) is 0 Å². The first kappa shape index (κ1) is 10.9. The molecule has 0 bridgehead atoms. The molecule has 0 spiro atoms. The standard InChI is InChI=1S/C11H13FN2O2/c12-9-5-10(7-11(6-9)14(15)16)13-4-3-8-1-2-8/h5-8,13H,1-4H2. The Morgan fingerprint density at radius 3 is 2.81 bits per heavy atom. The molecule has 1 fully saturated rings. The monoisotopic (exact) mass is 224 g/mol. The van der Waals surface area contributed by atoms with E-state index < -0.39 is 10.7 Å². The van der Waals surface area contributed by atoms with Gasteiger partial charge in [0, 0.05) is 18.3 Å². The van der Waals surface area contributed by atoms with Gasteiger partial charge in [0.2, 0.25) is 0 Å². The van der Waals surface area contributed by atoms with Crippen LogP contribution < -0.4 is 5.32 Å². The van der Waals surface area contributed by atoms with Gasteiger partial charge in [0.1, 0.15) is 5.82 Å². The van der Waals surface area contributed by atoms with Crippen molar-refractivity contribution in [1.82, 2.24) is 0 Å². The molecule has 1 aliphatic carbocycles. The zero-order valence-electron chi connectivity index (χ0n) is 8.78. The molecule has 86 valence electrons. The third-order valence-corrected chi connectivity index (χ3v) is 2.67. The largest absolute Gasteiger partial charge is 0.385 e. The highest BCUT2D eigenvalue weighted by atomic mass is 19.1. The number of non-ortho nitro benzene ring substituents is 1. The summed E-state index contributed by atoms with van der Waals surface area (Å²) in [7, 11) is 0. The summed E-state index contributed by atoms with van der Waals surface area (Å²) in [6.45, 7) is 0.741. The van der Waals surface area contributed by atoms with Crippen LogP contribution in [0.3, 0.4) is 0 Å². The molecule has 0 radical (unpaired) electrons. The average molecular weight is 224 g/mol. The summed E-state index contributed by atoms with van der Waals surface area (Å²) in [5, 5.41) is 13.5. The van der Waals surface area contributed by atoms with Gasteiger partial charge in [-0.2, -0.15) is 0 Å². The maximum absolute atomic E-state index is 13.0. The predicted octanol–water partition coefficient (Wildman–Crippen LogP) is 2.95. The molecular weight excluding hydrogens is 211 g/mol. The van der Waals surface area contributed by atoms with E-state index in [9.17, 15) is 14.5 Å². The van der Waals surface area contributed by atoms with Crippen molar-refractivity contribution in [2.45, 2.75) is 19.3 Å². The summed E-state index contributed by atoms with van der Waals surface area (Å²) in [4.78, 5) is 9.92. The van der Waals surface area contributed by atoms with E-state index in [0.717, 1.165) is 24.9 Å². The van der Waals surface area contributed by atoms with Crippen LogP contribution in [-0.4, -0.2) is 11.5 Å². The lowest BCUT2D eigenvalue weighted by Gasteiger charge is -2.05. The molecule has 4 nitrogen and oxygen atoms in total. The minimum Gasteiger partial charge on any atom is -0.385 e. The van der Waals surface area contributed by atoms with Crippen molar-refractivity contribution in [3.05, 3.63) is 34.1 Å². The second-order valence-electron chi connectivity index (χ2n) is 4.11. The summed E-state index contributed by atoms with van der Waals surface area (Å²) < 4.78 is 13.0. The second kappa shape index (κ2) is 4.47. The van der Waals surface area contributed by atoms with Gasteiger partial charge in [0.05, 0.1) is 11.0 Å². The van der Waals surface area contributed by atoms with Crippen LogP contribution in [0.15, 0.2) is 18.2 Å². The molecule has 1 aromatic rings.